The molecule has 2 aromatic heterocycles. The van der Waals surface area contributed by atoms with Gasteiger partial charge >= 0.3 is 0 Å². The average molecular weight is 276 g/mol. The number of nitrogens with one attached hydrogen (secondary N) is 1. The first-order valence-corrected chi connectivity index (χ1v) is 6.45. The molecule has 0 saturated heterocycles. The molecule has 102 valence electrons. The van der Waals surface area contributed by atoms with Crippen LogP contribution in [0.25, 0.3) is 22.4 Å². The van der Waals surface area contributed by atoms with Gasteiger partial charge in [0.2, 0.25) is 0 Å². The van der Waals surface area contributed by atoms with Gasteiger partial charge in [-0.1, -0.05) is 24.1 Å². The molecule has 0 atom stereocenters. The van der Waals surface area contributed by atoms with Crippen LogP contribution in [0.15, 0.2) is 53.1 Å². The number of pyridine rings is 1. The lowest BCUT2D eigenvalue weighted by molar-refractivity contribution is 0.0960. The van der Waals surface area contributed by atoms with Crippen LogP contribution in [-0.2, 0) is 0 Å². The van der Waals surface area contributed by atoms with E-state index in [0.717, 1.165) is 10.9 Å². The summed E-state index contributed by atoms with van der Waals surface area (Å²) in [5.74, 6) is 2.79. The van der Waals surface area contributed by atoms with Crippen LogP contribution >= 0.6 is 0 Å². The van der Waals surface area contributed by atoms with Gasteiger partial charge < -0.3 is 9.73 Å². The molecular formula is C17H12N2O2. The number of fused-ring (bicyclic) bond motifs is 1. The molecule has 0 spiro atoms. The molecular weight excluding hydrogens is 264 g/mol. The van der Waals surface area contributed by atoms with Crippen LogP contribution in [0.2, 0.25) is 0 Å². The molecule has 1 N–H and O–H groups in total. The van der Waals surface area contributed by atoms with Gasteiger partial charge in [-0.2, -0.15) is 0 Å². The second kappa shape index (κ2) is 5.51. The van der Waals surface area contributed by atoms with Gasteiger partial charge in [-0.25, -0.2) is 4.98 Å². The first-order chi connectivity index (χ1) is 10.3. The van der Waals surface area contributed by atoms with Crippen LogP contribution in [0.3, 0.4) is 0 Å². The Kier molecular flexibility index (Phi) is 3.40. The third-order valence-corrected chi connectivity index (χ3v) is 3.09. The van der Waals surface area contributed by atoms with Crippen molar-refractivity contribution < 1.29 is 9.21 Å². The van der Waals surface area contributed by atoms with Crippen LogP contribution in [0.1, 0.15) is 10.4 Å². The van der Waals surface area contributed by atoms with Gasteiger partial charge in [-0.3, -0.25) is 4.79 Å². The topological polar surface area (TPSA) is 55.1 Å². The molecule has 3 rings (SSSR count). The van der Waals surface area contributed by atoms with Crippen molar-refractivity contribution in [2.75, 3.05) is 6.54 Å². The largest absolute Gasteiger partial charge is 0.463 e. The zero-order valence-corrected chi connectivity index (χ0v) is 11.2. The summed E-state index contributed by atoms with van der Waals surface area (Å²) in [6.07, 6.45) is 6.76. The number of para-hydroxylation sites is 1. The Hall–Kier alpha value is -3.06. The van der Waals surface area contributed by atoms with Crippen molar-refractivity contribution in [2.24, 2.45) is 0 Å². The SMILES string of the molecule is C#CCNC(=O)c1cc(-c2ccco2)nc2ccccc12. The number of furan rings is 1. The van der Waals surface area contributed by atoms with Crippen molar-refractivity contribution in [3.8, 4) is 23.8 Å². The number of benzene rings is 1. The predicted octanol–water partition coefficient (Wildman–Crippen LogP) is 2.86. The van der Waals surface area contributed by atoms with E-state index < -0.39 is 0 Å². The van der Waals surface area contributed by atoms with Gasteiger partial charge in [-0.05, 0) is 24.3 Å². The van der Waals surface area contributed by atoms with Crippen molar-refractivity contribution >= 4 is 16.8 Å². The van der Waals surface area contributed by atoms with Gasteiger partial charge in [-0.15, -0.1) is 6.42 Å². The molecule has 3 aromatic rings. The fourth-order valence-electron chi connectivity index (χ4n) is 2.14. The Morgan fingerprint density at radius 3 is 2.90 bits per heavy atom. The smallest absolute Gasteiger partial charge is 0.252 e. The molecule has 0 aliphatic carbocycles. The number of rotatable bonds is 3. The van der Waals surface area contributed by atoms with Crippen molar-refractivity contribution in [2.45, 2.75) is 0 Å². The molecule has 4 heteroatoms. The predicted molar refractivity (Wildman–Crippen MR) is 80.6 cm³/mol. The van der Waals surface area contributed by atoms with E-state index in [-0.39, 0.29) is 12.5 Å². The van der Waals surface area contributed by atoms with E-state index in [9.17, 15) is 4.79 Å². The molecule has 0 fully saturated rings. The lowest BCUT2D eigenvalue weighted by atomic mass is 10.1. The highest BCUT2D eigenvalue weighted by Gasteiger charge is 2.14. The fraction of sp³-hybridized carbons (Fsp3) is 0.0588. The van der Waals surface area contributed by atoms with Crippen LogP contribution in [0, 0.1) is 12.3 Å². The number of carbonyl (C=O) groups is 1. The maximum absolute atomic E-state index is 12.3. The molecule has 0 radical (unpaired) electrons. The molecule has 0 unspecified atom stereocenters. The monoisotopic (exact) mass is 276 g/mol. The van der Waals surface area contributed by atoms with E-state index in [0.29, 0.717) is 17.0 Å². The van der Waals surface area contributed by atoms with Gasteiger partial charge in [0.25, 0.3) is 5.91 Å². The minimum Gasteiger partial charge on any atom is -0.463 e. The Bertz CT molecular complexity index is 830. The van der Waals surface area contributed by atoms with E-state index in [1.165, 1.54) is 0 Å². The average Bonchev–Trinajstić information content (AvgIpc) is 3.06. The summed E-state index contributed by atoms with van der Waals surface area (Å²) in [6.45, 7) is 0.186. The number of aromatic nitrogens is 1. The number of amides is 1. The maximum atomic E-state index is 12.3. The molecule has 0 bridgehead atoms. The standard InChI is InChI=1S/C17H12N2O2/c1-2-9-18-17(20)13-11-15(16-8-5-10-21-16)19-14-7-4-3-6-12(13)14/h1,3-8,10-11H,9H2,(H,18,20). The lowest BCUT2D eigenvalue weighted by Gasteiger charge is -2.08. The summed E-state index contributed by atoms with van der Waals surface area (Å²) in [5, 5.41) is 3.46. The number of terminal acetylenes is 1. The first kappa shape index (κ1) is 12.9. The highest BCUT2D eigenvalue weighted by molar-refractivity contribution is 6.07. The third kappa shape index (κ3) is 2.49. The minimum atomic E-state index is -0.223. The third-order valence-electron chi connectivity index (χ3n) is 3.09. The van der Waals surface area contributed by atoms with Gasteiger partial charge in [0.15, 0.2) is 5.76 Å². The number of hydrogen-bond acceptors (Lipinski definition) is 3. The summed E-state index contributed by atoms with van der Waals surface area (Å²) in [5.41, 5.74) is 1.88. The van der Waals surface area contributed by atoms with E-state index in [4.69, 9.17) is 10.8 Å². The van der Waals surface area contributed by atoms with Crippen LogP contribution in [0.4, 0.5) is 0 Å². The van der Waals surface area contributed by atoms with Crippen LogP contribution < -0.4 is 5.32 Å². The Balaban J connectivity index is 2.16. The molecule has 1 amide bonds. The van der Waals surface area contributed by atoms with Gasteiger partial charge in [0.05, 0.1) is 23.9 Å². The van der Waals surface area contributed by atoms with E-state index in [1.807, 2.05) is 24.3 Å². The fourth-order valence-corrected chi connectivity index (χ4v) is 2.14. The molecule has 0 saturated carbocycles. The summed E-state index contributed by atoms with van der Waals surface area (Å²) >= 11 is 0. The summed E-state index contributed by atoms with van der Waals surface area (Å²) in [6, 6.07) is 12.8. The highest BCUT2D eigenvalue weighted by Crippen LogP contribution is 2.25. The Morgan fingerprint density at radius 1 is 1.29 bits per heavy atom. The van der Waals surface area contributed by atoms with E-state index in [1.54, 1.807) is 24.5 Å². The number of hydrogen-bond donors (Lipinski definition) is 1. The maximum Gasteiger partial charge on any atom is 0.252 e. The number of nitrogens with zero attached hydrogens (tertiary/aromatic N) is 1. The molecule has 2 heterocycles. The van der Waals surface area contributed by atoms with Gasteiger partial charge in [0, 0.05) is 5.39 Å². The summed E-state index contributed by atoms with van der Waals surface area (Å²) in [7, 11) is 0. The van der Waals surface area contributed by atoms with Crippen molar-refractivity contribution in [1.29, 1.82) is 0 Å². The Morgan fingerprint density at radius 2 is 2.14 bits per heavy atom. The zero-order chi connectivity index (χ0) is 14.7. The van der Waals surface area contributed by atoms with Crippen molar-refractivity contribution in [3.05, 3.63) is 54.3 Å². The van der Waals surface area contributed by atoms with Crippen LogP contribution in [-0.4, -0.2) is 17.4 Å². The summed E-state index contributed by atoms with van der Waals surface area (Å²) in [4.78, 5) is 16.8. The van der Waals surface area contributed by atoms with Gasteiger partial charge in [0.1, 0.15) is 5.69 Å². The minimum absolute atomic E-state index is 0.186. The molecule has 0 aliphatic rings. The van der Waals surface area contributed by atoms with Crippen molar-refractivity contribution in [3.63, 3.8) is 0 Å². The normalized spacial score (nSPS) is 10.2. The van der Waals surface area contributed by atoms with E-state index in [2.05, 4.69) is 16.2 Å². The zero-order valence-electron chi connectivity index (χ0n) is 11.2. The summed E-state index contributed by atoms with van der Waals surface area (Å²) < 4.78 is 5.36. The quantitative estimate of drug-likeness (QED) is 0.748. The molecule has 0 aliphatic heterocycles. The number of carbonyl (C=O) groups excluding carboxylic acids is 1. The molecule has 21 heavy (non-hydrogen) atoms. The highest BCUT2D eigenvalue weighted by atomic mass is 16.3. The Labute approximate surface area is 121 Å². The first-order valence-electron chi connectivity index (χ1n) is 6.45. The van der Waals surface area contributed by atoms with Crippen molar-refractivity contribution in [1.82, 2.24) is 10.3 Å². The lowest BCUT2D eigenvalue weighted by Crippen LogP contribution is -2.23. The second-order valence-electron chi connectivity index (χ2n) is 4.44. The molecule has 4 nitrogen and oxygen atoms in total. The van der Waals surface area contributed by atoms with Crippen LogP contribution in [0.5, 0.6) is 0 Å². The molecule has 1 aromatic carbocycles. The van der Waals surface area contributed by atoms with E-state index >= 15 is 0 Å². The second-order valence-corrected chi connectivity index (χ2v) is 4.44.